The van der Waals surface area contributed by atoms with E-state index in [1.165, 1.54) is 0 Å². The minimum Gasteiger partial charge on any atom is -0.497 e. The SMILES string of the molecule is COc1ccc2[nH]cc(C(Cl)=NO)c2c1. The van der Waals surface area contributed by atoms with E-state index in [1.807, 2.05) is 18.2 Å². The molecule has 4 nitrogen and oxygen atoms in total. The van der Waals surface area contributed by atoms with Crippen LogP contribution in [0.4, 0.5) is 0 Å². The fraction of sp³-hybridized carbons (Fsp3) is 0.100. The second-order valence-corrected chi connectivity index (χ2v) is 3.36. The molecule has 2 aromatic rings. The highest BCUT2D eigenvalue weighted by Crippen LogP contribution is 2.24. The van der Waals surface area contributed by atoms with Crippen LogP contribution in [-0.2, 0) is 0 Å². The number of fused-ring (bicyclic) bond motifs is 1. The highest BCUT2D eigenvalue weighted by molar-refractivity contribution is 6.70. The number of H-pyrrole nitrogens is 1. The summed E-state index contributed by atoms with van der Waals surface area (Å²) in [6.07, 6.45) is 1.69. The number of oxime groups is 1. The van der Waals surface area contributed by atoms with Gasteiger partial charge >= 0.3 is 0 Å². The van der Waals surface area contributed by atoms with E-state index >= 15 is 0 Å². The lowest BCUT2D eigenvalue weighted by Gasteiger charge is -1.99. The molecule has 0 saturated heterocycles. The predicted molar refractivity (Wildman–Crippen MR) is 59.0 cm³/mol. The maximum absolute atomic E-state index is 8.60. The molecule has 2 rings (SSSR count). The number of hydrogen-bond donors (Lipinski definition) is 2. The minimum atomic E-state index is 0.0505. The summed E-state index contributed by atoms with van der Waals surface area (Å²) in [6.45, 7) is 0. The van der Waals surface area contributed by atoms with Gasteiger partial charge in [0.2, 0.25) is 0 Å². The molecule has 0 unspecified atom stereocenters. The molecule has 0 spiro atoms. The number of rotatable bonds is 2. The van der Waals surface area contributed by atoms with Gasteiger partial charge in [0.15, 0.2) is 5.17 Å². The Morgan fingerprint density at radius 3 is 3.00 bits per heavy atom. The topological polar surface area (TPSA) is 57.6 Å². The Bertz CT molecular complexity index is 519. The molecule has 15 heavy (non-hydrogen) atoms. The Morgan fingerprint density at radius 1 is 1.53 bits per heavy atom. The van der Waals surface area contributed by atoms with Crippen LogP contribution in [0.5, 0.6) is 5.75 Å². The van der Waals surface area contributed by atoms with Gasteiger partial charge in [-0.2, -0.15) is 0 Å². The van der Waals surface area contributed by atoms with Crippen LogP contribution in [0.25, 0.3) is 10.9 Å². The van der Waals surface area contributed by atoms with Gasteiger partial charge in [0.05, 0.1) is 7.11 Å². The van der Waals surface area contributed by atoms with Gasteiger partial charge in [0.1, 0.15) is 5.75 Å². The van der Waals surface area contributed by atoms with Crippen molar-refractivity contribution < 1.29 is 9.94 Å². The monoisotopic (exact) mass is 224 g/mol. The van der Waals surface area contributed by atoms with E-state index in [1.54, 1.807) is 13.3 Å². The van der Waals surface area contributed by atoms with E-state index < -0.39 is 0 Å². The maximum atomic E-state index is 8.60. The van der Waals surface area contributed by atoms with E-state index in [0.717, 1.165) is 16.7 Å². The van der Waals surface area contributed by atoms with Crippen LogP contribution in [0.2, 0.25) is 0 Å². The lowest BCUT2D eigenvalue weighted by atomic mass is 10.2. The van der Waals surface area contributed by atoms with Gasteiger partial charge in [-0.15, -0.1) is 0 Å². The summed E-state index contributed by atoms with van der Waals surface area (Å²) >= 11 is 5.75. The van der Waals surface area contributed by atoms with E-state index in [4.69, 9.17) is 21.5 Å². The standard InChI is InChI=1S/C10H9ClN2O2/c1-15-6-2-3-9-7(4-6)8(5-12-9)10(11)13-14/h2-5,12,14H,1H3. The zero-order chi connectivity index (χ0) is 10.8. The minimum absolute atomic E-state index is 0.0505. The lowest BCUT2D eigenvalue weighted by molar-refractivity contribution is 0.321. The Hall–Kier alpha value is -1.68. The van der Waals surface area contributed by atoms with Crippen molar-refractivity contribution in [3.63, 3.8) is 0 Å². The van der Waals surface area contributed by atoms with Crippen LogP contribution >= 0.6 is 11.6 Å². The summed E-state index contributed by atoms with van der Waals surface area (Å²) in [5, 5.41) is 12.5. The summed E-state index contributed by atoms with van der Waals surface area (Å²) in [6, 6.07) is 5.54. The molecule has 0 aliphatic carbocycles. The third-order valence-corrected chi connectivity index (χ3v) is 2.48. The van der Waals surface area contributed by atoms with Crippen molar-refractivity contribution in [3.8, 4) is 5.75 Å². The van der Waals surface area contributed by atoms with Gasteiger partial charge in [-0.3, -0.25) is 0 Å². The molecule has 0 amide bonds. The molecule has 5 heteroatoms. The number of methoxy groups -OCH3 is 1. The summed E-state index contributed by atoms with van der Waals surface area (Å²) in [5.74, 6) is 0.728. The summed E-state index contributed by atoms with van der Waals surface area (Å²) in [4.78, 5) is 3.02. The van der Waals surface area contributed by atoms with E-state index in [-0.39, 0.29) is 5.17 Å². The molecule has 1 heterocycles. The average Bonchev–Trinajstić information content (AvgIpc) is 2.70. The third-order valence-electron chi connectivity index (χ3n) is 2.20. The van der Waals surface area contributed by atoms with Crippen molar-refractivity contribution in [2.45, 2.75) is 0 Å². The summed E-state index contributed by atoms with van der Waals surface area (Å²) in [5.41, 5.74) is 1.56. The van der Waals surface area contributed by atoms with Gasteiger partial charge in [-0.05, 0) is 18.2 Å². The fourth-order valence-electron chi connectivity index (χ4n) is 1.45. The molecule has 0 atom stereocenters. The van der Waals surface area contributed by atoms with Crippen LogP contribution < -0.4 is 4.74 Å². The largest absolute Gasteiger partial charge is 0.497 e. The number of aromatic nitrogens is 1. The normalized spacial score (nSPS) is 12.0. The van der Waals surface area contributed by atoms with Crippen LogP contribution in [0.15, 0.2) is 29.6 Å². The molecule has 0 bridgehead atoms. The third kappa shape index (κ3) is 1.64. The second kappa shape index (κ2) is 3.82. The van der Waals surface area contributed by atoms with Gasteiger partial charge in [-0.25, -0.2) is 0 Å². The number of ether oxygens (including phenoxy) is 1. The van der Waals surface area contributed by atoms with Crippen LogP contribution in [0, 0.1) is 0 Å². The molecule has 0 aliphatic heterocycles. The number of halogens is 1. The van der Waals surface area contributed by atoms with E-state index in [9.17, 15) is 0 Å². The first-order valence-electron chi connectivity index (χ1n) is 4.29. The van der Waals surface area contributed by atoms with Crippen molar-refractivity contribution in [3.05, 3.63) is 30.0 Å². The zero-order valence-electron chi connectivity index (χ0n) is 7.99. The highest BCUT2D eigenvalue weighted by atomic mass is 35.5. The zero-order valence-corrected chi connectivity index (χ0v) is 8.75. The first-order chi connectivity index (χ1) is 7.26. The maximum Gasteiger partial charge on any atom is 0.177 e. The van der Waals surface area contributed by atoms with Gasteiger partial charge in [0.25, 0.3) is 0 Å². The molecule has 0 saturated carbocycles. The van der Waals surface area contributed by atoms with Gasteiger partial charge < -0.3 is 14.9 Å². The first-order valence-corrected chi connectivity index (χ1v) is 4.67. The summed E-state index contributed by atoms with van der Waals surface area (Å²) < 4.78 is 5.10. The highest BCUT2D eigenvalue weighted by Gasteiger charge is 2.09. The number of benzene rings is 1. The molecule has 0 aliphatic rings. The van der Waals surface area contributed by atoms with Crippen molar-refractivity contribution in [2.24, 2.45) is 5.16 Å². The molecular weight excluding hydrogens is 216 g/mol. The Morgan fingerprint density at radius 2 is 2.33 bits per heavy atom. The summed E-state index contributed by atoms with van der Waals surface area (Å²) in [7, 11) is 1.59. The quantitative estimate of drug-likeness (QED) is 0.468. The van der Waals surface area contributed by atoms with Crippen molar-refractivity contribution in [2.75, 3.05) is 7.11 Å². The van der Waals surface area contributed by atoms with E-state index in [0.29, 0.717) is 5.56 Å². The molecule has 0 radical (unpaired) electrons. The smallest absolute Gasteiger partial charge is 0.177 e. The number of aromatic amines is 1. The molecule has 78 valence electrons. The fourth-order valence-corrected chi connectivity index (χ4v) is 1.61. The van der Waals surface area contributed by atoms with Crippen LogP contribution in [0.3, 0.4) is 0 Å². The Labute approximate surface area is 91.1 Å². The average molecular weight is 225 g/mol. The number of nitrogens with one attached hydrogen (secondary N) is 1. The Balaban J connectivity index is 2.66. The van der Waals surface area contributed by atoms with Crippen molar-refractivity contribution in [1.29, 1.82) is 0 Å². The molecule has 2 N–H and O–H groups in total. The van der Waals surface area contributed by atoms with Gasteiger partial charge in [0, 0.05) is 22.7 Å². The predicted octanol–water partition coefficient (Wildman–Crippen LogP) is 2.55. The number of hydrogen-bond acceptors (Lipinski definition) is 3. The van der Waals surface area contributed by atoms with E-state index in [2.05, 4.69) is 10.1 Å². The van der Waals surface area contributed by atoms with Gasteiger partial charge in [-0.1, -0.05) is 16.8 Å². The van der Waals surface area contributed by atoms with Crippen molar-refractivity contribution in [1.82, 2.24) is 4.98 Å². The second-order valence-electron chi connectivity index (χ2n) is 3.00. The van der Waals surface area contributed by atoms with Crippen LogP contribution in [-0.4, -0.2) is 22.5 Å². The molecule has 0 fully saturated rings. The first kappa shape index (κ1) is 9.86. The lowest BCUT2D eigenvalue weighted by Crippen LogP contribution is -1.89. The number of nitrogens with zero attached hydrogens (tertiary/aromatic N) is 1. The molecular formula is C10H9ClN2O2. The Kier molecular flexibility index (Phi) is 2.51. The van der Waals surface area contributed by atoms with Crippen molar-refractivity contribution >= 4 is 27.7 Å². The molecule has 1 aromatic heterocycles. The molecule has 1 aromatic carbocycles. The van der Waals surface area contributed by atoms with Crippen LogP contribution in [0.1, 0.15) is 5.56 Å².